The third-order valence-corrected chi connectivity index (χ3v) is 3.57. The summed E-state index contributed by atoms with van der Waals surface area (Å²) in [6, 6.07) is 16.0. The lowest BCUT2D eigenvalue weighted by Gasteiger charge is -2.09. The molecule has 23 heavy (non-hydrogen) atoms. The molecule has 114 valence electrons. The standard InChI is InChI=1S/C18H17N5/c1-13-10-18(17(11-19)14(2)21-13)20-12-15-8-9-23(22-15)16-6-4-3-5-7-16/h3-10H,12H2,1-2H3,(H,20,21). The van der Waals surface area contributed by atoms with E-state index in [0.717, 1.165) is 28.5 Å². The van der Waals surface area contributed by atoms with E-state index in [-0.39, 0.29) is 0 Å². The Morgan fingerprint density at radius 2 is 1.96 bits per heavy atom. The van der Waals surface area contributed by atoms with Crippen LogP contribution in [0, 0.1) is 25.2 Å². The number of aryl methyl sites for hydroxylation is 2. The maximum absolute atomic E-state index is 9.29. The number of nitrogens with zero attached hydrogens (tertiary/aromatic N) is 4. The zero-order valence-electron chi connectivity index (χ0n) is 13.1. The van der Waals surface area contributed by atoms with Crippen LogP contribution in [0.4, 0.5) is 5.69 Å². The normalized spacial score (nSPS) is 10.3. The average Bonchev–Trinajstić information content (AvgIpc) is 3.02. The second kappa shape index (κ2) is 6.32. The topological polar surface area (TPSA) is 66.5 Å². The lowest BCUT2D eigenvalue weighted by Crippen LogP contribution is -2.05. The zero-order valence-corrected chi connectivity index (χ0v) is 13.1. The minimum absolute atomic E-state index is 0.553. The van der Waals surface area contributed by atoms with Crippen LogP contribution in [0.25, 0.3) is 5.69 Å². The van der Waals surface area contributed by atoms with E-state index in [1.165, 1.54) is 0 Å². The Kier molecular flexibility index (Phi) is 4.07. The number of nitriles is 1. The van der Waals surface area contributed by atoms with Crippen molar-refractivity contribution in [1.29, 1.82) is 5.26 Å². The molecule has 0 saturated heterocycles. The predicted molar refractivity (Wildman–Crippen MR) is 89.3 cm³/mol. The van der Waals surface area contributed by atoms with E-state index in [4.69, 9.17) is 0 Å². The van der Waals surface area contributed by atoms with Crippen LogP contribution in [-0.2, 0) is 6.54 Å². The summed E-state index contributed by atoms with van der Waals surface area (Å²) in [5.41, 5.74) is 4.94. The van der Waals surface area contributed by atoms with Crippen molar-refractivity contribution in [2.75, 3.05) is 5.32 Å². The minimum atomic E-state index is 0.553. The molecule has 0 fully saturated rings. The molecule has 2 aromatic heterocycles. The van der Waals surface area contributed by atoms with Crippen molar-refractivity contribution in [1.82, 2.24) is 14.8 Å². The van der Waals surface area contributed by atoms with E-state index in [1.807, 2.05) is 67.2 Å². The van der Waals surface area contributed by atoms with Crippen LogP contribution in [-0.4, -0.2) is 14.8 Å². The fraction of sp³-hybridized carbons (Fsp3) is 0.167. The van der Waals surface area contributed by atoms with Gasteiger partial charge in [0.25, 0.3) is 0 Å². The third kappa shape index (κ3) is 3.22. The average molecular weight is 303 g/mol. The Morgan fingerprint density at radius 3 is 2.70 bits per heavy atom. The van der Waals surface area contributed by atoms with Gasteiger partial charge >= 0.3 is 0 Å². The first-order chi connectivity index (χ1) is 11.2. The number of pyridine rings is 1. The number of anilines is 1. The number of hydrogen-bond acceptors (Lipinski definition) is 4. The molecular weight excluding hydrogens is 286 g/mol. The summed E-state index contributed by atoms with van der Waals surface area (Å²) in [7, 11) is 0. The number of benzene rings is 1. The van der Waals surface area contributed by atoms with Gasteiger partial charge in [-0.05, 0) is 38.1 Å². The Morgan fingerprint density at radius 1 is 1.17 bits per heavy atom. The van der Waals surface area contributed by atoms with E-state index in [2.05, 4.69) is 21.5 Å². The highest BCUT2D eigenvalue weighted by Gasteiger charge is 2.08. The van der Waals surface area contributed by atoms with E-state index >= 15 is 0 Å². The van der Waals surface area contributed by atoms with Crippen LogP contribution in [0.1, 0.15) is 22.6 Å². The molecule has 0 spiro atoms. The van der Waals surface area contributed by atoms with Gasteiger partial charge in [0, 0.05) is 11.9 Å². The summed E-state index contributed by atoms with van der Waals surface area (Å²) in [5, 5.41) is 17.1. The number of para-hydroxylation sites is 1. The molecule has 0 atom stereocenters. The molecule has 1 aromatic carbocycles. The molecule has 2 heterocycles. The lowest BCUT2D eigenvalue weighted by molar-refractivity contribution is 0.843. The highest BCUT2D eigenvalue weighted by atomic mass is 15.3. The Balaban J connectivity index is 1.78. The molecule has 0 aliphatic heterocycles. The molecule has 3 rings (SSSR count). The zero-order chi connectivity index (χ0) is 16.2. The van der Waals surface area contributed by atoms with Crippen LogP contribution < -0.4 is 5.32 Å². The highest BCUT2D eigenvalue weighted by molar-refractivity contribution is 5.59. The first-order valence-corrected chi connectivity index (χ1v) is 7.39. The fourth-order valence-corrected chi connectivity index (χ4v) is 2.48. The molecule has 0 radical (unpaired) electrons. The fourth-order valence-electron chi connectivity index (χ4n) is 2.48. The van der Waals surface area contributed by atoms with Gasteiger partial charge in [-0.3, -0.25) is 4.98 Å². The summed E-state index contributed by atoms with van der Waals surface area (Å²) >= 11 is 0. The minimum Gasteiger partial charge on any atom is -0.378 e. The first-order valence-electron chi connectivity index (χ1n) is 7.39. The van der Waals surface area contributed by atoms with Gasteiger partial charge in [0.1, 0.15) is 6.07 Å². The van der Waals surface area contributed by atoms with Crippen LogP contribution in [0.15, 0.2) is 48.7 Å². The van der Waals surface area contributed by atoms with Gasteiger partial charge in [-0.15, -0.1) is 0 Å². The van der Waals surface area contributed by atoms with Crippen LogP contribution in [0.2, 0.25) is 0 Å². The van der Waals surface area contributed by atoms with Crippen molar-refractivity contribution in [3.05, 3.63) is 71.3 Å². The number of hydrogen-bond donors (Lipinski definition) is 1. The van der Waals surface area contributed by atoms with E-state index in [9.17, 15) is 5.26 Å². The molecule has 0 amide bonds. The molecule has 1 N–H and O–H groups in total. The largest absolute Gasteiger partial charge is 0.378 e. The summed E-state index contributed by atoms with van der Waals surface area (Å²) in [5.74, 6) is 0. The SMILES string of the molecule is Cc1cc(NCc2ccn(-c3ccccc3)n2)c(C#N)c(C)n1. The molecular formula is C18H17N5. The second-order valence-corrected chi connectivity index (χ2v) is 5.32. The summed E-state index contributed by atoms with van der Waals surface area (Å²) in [6.45, 7) is 4.32. The smallest absolute Gasteiger partial charge is 0.103 e. The van der Waals surface area contributed by atoms with Crippen molar-refractivity contribution < 1.29 is 0 Å². The van der Waals surface area contributed by atoms with Gasteiger partial charge in [0.05, 0.1) is 34.9 Å². The monoisotopic (exact) mass is 303 g/mol. The van der Waals surface area contributed by atoms with Gasteiger partial charge < -0.3 is 5.32 Å². The van der Waals surface area contributed by atoms with E-state index in [1.54, 1.807) is 0 Å². The summed E-state index contributed by atoms with van der Waals surface area (Å²) in [6.07, 6.45) is 1.93. The Labute approximate surface area is 135 Å². The van der Waals surface area contributed by atoms with Crippen molar-refractivity contribution in [2.24, 2.45) is 0 Å². The molecule has 0 unspecified atom stereocenters. The molecule has 5 nitrogen and oxygen atoms in total. The van der Waals surface area contributed by atoms with Gasteiger partial charge in [-0.2, -0.15) is 10.4 Å². The van der Waals surface area contributed by atoms with Crippen LogP contribution in [0.5, 0.6) is 0 Å². The maximum atomic E-state index is 9.29. The van der Waals surface area contributed by atoms with Crippen molar-refractivity contribution in [3.63, 3.8) is 0 Å². The first kappa shape index (κ1) is 14.8. The van der Waals surface area contributed by atoms with Crippen LogP contribution in [0.3, 0.4) is 0 Å². The Bertz CT molecular complexity index is 859. The van der Waals surface area contributed by atoms with Gasteiger partial charge in [-0.1, -0.05) is 18.2 Å². The van der Waals surface area contributed by atoms with Crippen molar-refractivity contribution >= 4 is 5.69 Å². The van der Waals surface area contributed by atoms with E-state index in [0.29, 0.717) is 12.1 Å². The van der Waals surface area contributed by atoms with Gasteiger partial charge in [0.2, 0.25) is 0 Å². The number of nitrogens with one attached hydrogen (secondary N) is 1. The van der Waals surface area contributed by atoms with Crippen molar-refractivity contribution in [2.45, 2.75) is 20.4 Å². The van der Waals surface area contributed by atoms with Crippen molar-refractivity contribution in [3.8, 4) is 11.8 Å². The molecule has 0 bridgehead atoms. The Hall–Kier alpha value is -3.13. The summed E-state index contributed by atoms with van der Waals surface area (Å²) in [4.78, 5) is 4.32. The number of rotatable bonds is 4. The molecule has 0 aliphatic rings. The highest BCUT2D eigenvalue weighted by Crippen LogP contribution is 2.19. The molecule has 3 aromatic rings. The summed E-state index contributed by atoms with van der Waals surface area (Å²) < 4.78 is 1.84. The van der Waals surface area contributed by atoms with Gasteiger partial charge in [-0.25, -0.2) is 4.68 Å². The van der Waals surface area contributed by atoms with Crippen LogP contribution >= 0.6 is 0 Å². The quantitative estimate of drug-likeness (QED) is 0.802. The third-order valence-electron chi connectivity index (χ3n) is 3.57. The lowest BCUT2D eigenvalue weighted by atomic mass is 10.1. The molecule has 0 aliphatic carbocycles. The maximum Gasteiger partial charge on any atom is 0.103 e. The molecule has 5 heteroatoms. The van der Waals surface area contributed by atoms with Gasteiger partial charge in [0.15, 0.2) is 0 Å². The molecule has 0 saturated carbocycles. The predicted octanol–water partition coefficient (Wildman–Crippen LogP) is 3.37. The second-order valence-electron chi connectivity index (χ2n) is 5.32. The van der Waals surface area contributed by atoms with E-state index < -0.39 is 0 Å². The number of aromatic nitrogens is 3.